The Balaban J connectivity index is 0.00000306. The number of carbonyl (C=O) groups excluding carboxylic acids is 2. The number of hydrogen-bond acceptors (Lipinski definition) is 4. The number of halogens is 1. The molecule has 2 N–H and O–H groups in total. The summed E-state index contributed by atoms with van der Waals surface area (Å²) in [6, 6.07) is 28.0. The van der Waals surface area contributed by atoms with Crippen molar-refractivity contribution in [1.82, 2.24) is 10.6 Å². The molecule has 0 saturated carbocycles. The van der Waals surface area contributed by atoms with Gasteiger partial charge in [-0.05, 0) is 36.1 Å². The lowest BCUT2D eigenvalue weighted by atomic mass is 9.84. The molecule has 0 aliphatic carbocycles. The summed E-state index contributed by atoms with van der Waals surface area (Å²) in [5, 5.41) is 6.23. The summed E-state index contributed by atoms with van der Waals surface area (Å²) in [6.07, 6.45) is 1.71. The van der Waals surface area contributed by atoms with Crippen LogP contribution in [0.25, 0.3) is 0 Å². The van der Waals surface area contributed by atoms with E-state index in [4.69, 9.17) is 4.74 Å². The van der Waals surface area contributed by atoms with Gasteiger partial charge in [0.15, 0.2) is 0 Å². The van der Waals surface area contributed by atoms with Gasteiger partial charge in [0.2, 0.25) is 5.91 Å². The quantitative estimate of drug-likeness (QED) is 0.490. The van der Waals surface area contributed by atoms with Crippen LogP contribution in [0.5, 0.6) is 0 Å². The highest BCUT2D eigenvalue weighted by molar-refractivity contribution is 5.88. The summed E-state index contributed by atoms with van der Waals surface area (Å²) in [4.78, 5) is 26.4. The third-order valence-electron chi connectivity index (χ3n) is 5.80. The lowest BCUT2D eigenvalue weighted by Crippen LogP contribution is -2.51. The van der Waals surface area contributed by atoms with E-state index in [-0.39, 0.29) is 36.9 Å². The molecular formula is C27H29ClN2O3. The van der Waals surface area contributed by atoms with Crippen LogP contribution in [-0.4, -0.2) is 30.5 Å². The SMILES string of the molecule is Cl.O=C(NC(C(=O)OCc1ccccc1)C(c1ccccc1)c1ccccc1)C1CCCN1. The summed E-state index contributed by atoms with van der Waals surface area (Å²) >= 11 is 0. The Hall–Kier alpha value is -3.15. The second-order valence-electron chi connectivity index (χ2n) is 8.03. The van der Waals surface area contributed by atoms with Crippen molar-refractivity contribution in [1.29, 1.82) is 0 Å². The van der Waals surface area contributed by atoms with E-state index in [0.717, 1.165) is 36.1 Å². The van der Waals surface area contributed by atoms with Crippen molar-refractivity contribution in [2.45, 2.75) is 37.5 Å². The zero-order valence-electron chi connectivity index (χ0n) is 18.4. The van der Waals surface area contributed by atoms with Gasteiger partial charge in [-0.15, -0.1) is 12.4 Å². The van der Waals surface area contributed by atoms with Crippen molar-refractivity contribution in [2.24, 2.45) is 0 Å². The first-order valence-electron chi connectivity index (χ1n) is 11.1. The smallest absolute Gasteiger partial charge is 0.329 e. The first-order chi connectivity index (χ1) is 15.7. The molecule has 0 bridgehead atoms. The summed E-state index contributed by atoms with van der Waals surface area (Å²) in [5.74, 6) is -0.982. The summed E-state index contributed by atoms with van der Waals surface area (Å²) in [6.45, 7) is 0.964. The lowest BCUT2D eigenvalue weighted by molar-refractivity contribution is -0.149. The van der Waals surface area contributed by atoms with Gasteiger partial charge in [-0.1, -0.05) is 91.0 Å². The topological polar surface area (TPSA) is 67.4 Å². The van der Waals surface area contributed by atoms with Gasteiger partial charge in [-0.25, -0.2) is 4.79 Å². The third kappa shape index (κ3) is 6.44. The number of carbonyl (C=O) groups is 2. The molecule has 6 heteroatoms. The van der Waals surface area contributed by atoms with Gasteiger partial charge in [0.1, 0.15) is 12.6 Å². The highest BCUT2D eigenvalue weighted by atomic mass is 35.5. The van der Waals surface area contributed by atoms with Crippen LogP contribution in [0.1, 0.15) is 35.4 Å². The van der Waals surface area contributed by atoms with E-state index >= 15 is 0 Å². The Morgan fingerprint density at radius 2 is 1.42 bits per heavy atom. The van der Waals surface area contributed by atoms with E-state index in [1.807, 2.05) is 91.0 Å². The molecule has 1 fully saturated rings. The first kappa shape index (κ1) is 24.5. The highest BCUT2D eigenvalue weighted by Crippen LogP contribution is 2.29. The number of nitrogens with one attached hydrogen (secondary N) is 2. The Morgan fingerprint density at radius 3 is 1.94 bits per heavy atom. The standard InChI is InChI=1S/C27H28N2O3.ClH/c30-26(23-17-10-18-28-23)29-25(27(31)32-19-20-11-4-1-5-12-20)24(21-13-6-2-7-14-21)22-15-8-3-9-16-22;/h1-9,11-16,23-25,28H,10,17-19H2,(H,29,30);1H. The fraction of sp³-hybridized carbons (Fsp3) is 0.259. The minimum atomic E-state index is -0.849. The van der Waals surface area contributed by atoms with E-state index < -0.39 is 12.0 Å². The van der Waals surface area contributed by atoms with Gasteiger partial charge in [0.25, 0.3) is 0 Å². The maximum atomic E-state index is 13.4. The van der Waals surface area contributed by atoms with Crippen molar-refractivity contribution < 1.29 is 14.3 Å². The molecule has 1 amide bonds. The molecule has 33 heavy (non-hydrogen) atoms. The molecule has 4 rings (SSSR count). The molecule has 0 spiro atoms. The molecule has 2 atom stereocenters. The predicted octanol–water partition coefficient (Wildman–Crippen LogP) is 4.22. The lowest BCUT2D eigenvalue weighted by Gasteiger charge is -2.28. The Morgan fingerprint density at radius 1 is 0.879 bits per heavy atom. The molecule has 1 aliphatic rings. The predicted molar refractivity (Wildman–Crippen MR) is 131 cm³/mol. The number of rotatable bonds is 8. The maximum Gasteiger partial charge on any atom is 0.329 e. The fourth-order valence-corrected chi connectivity index (χ4v) is 4.16. The molecule has 3 aromatic carbocycles. The van der Waals surface area contributed by atoms with Gasteiger partial charge < -0.3 is 15.4 Å². The molecule has 2 unspecified atom stereocenters. The van der Waals surface area contributed by atoms with Crippen molar-refractivity contribution in [3.05, 3.63) is 108 Å². The van der Waals surface area contributed by atoms with Crippen LogP contribution >= 0.6 is 12.4 Å². The third-order valence-corrected chi connectivity index (χ3v) is 5.80. The molecule has 0 aromatic heterocycles. The van der Waals surface area contributed by atoms with Gasteiger partial charge in [0.05, 0.1) is 6.04 Å². The number of amides is 1. The maximum absolute atomic E-state index is 13.4. The summed E-state index contributed by atoms with van der Waals surface area (Å²) < 4.78 is 5.70. The largest absolute Gasteiger partial charge is 0.459 e. The van der Waals surface area contributed by atoms with E-state index in [9.17, 15) is 9.59 Å². The van der Waals surface area contributed by atoms with Crippen LogP contribution in [-0.2, 0) is 20.9 Å². The number of ether oxygens (including phenoxy) is 1. The second kappa shape index (κ2) is 12.2. The minimum absolute atomic E-state index is 0. The van der Waals surface area contributed by atoms with Crippen molar-refractivity contribution in [3.8, 4) is 0 Å². The van der Waals surface area contributed by atoms with Crippen molar-refractivity contribution in [3.63, 3.8) is 0 Å². The van der Waals surface area contributed by atoms with Crippen LogP contribution in [0.3, 0.4) is 0 Å². The average Bonchev–Trinajstić information content (AvgIpc) is 3.39. The van der Waals surface area contributed by atoms with Crippen LogP contribution in [0, 0.1) is 0 Å². The van der Waals surface area contributed by atoms with Crippen LogP contribution in [0.2, 0.25) is 0 Å². The monoisotopic (exact) mass is 464 g/mol. The molecule has 1 saturated heterocycles. The van der Waals surface area contributed by atoms with E-state index in [1.54, 1.807) is 0 Å². The number of esters is 1. The van der Waals surface area contributed by atoms with Gasteiger partial charge in [-0.2, -0.15) is 0 Å². The summed E-state index contributed by atoms with van der Waals surface area (Å²) in [7, 11) is 0. The Bertz CT molecular complexity index is 970. The van der Waals surface area contributed by atoms with Gasteiger partial charge in [-0.3, -0.25) is 4.79 Å². The number of benzene rings is 3. The van der Waals surface area contributed by atoms with E-state index in [0.29, 0.717) is 0 Å². The fourth-order valence-electron chi connectivity index (χ4n) is 4.16. The van der Waals surface area contributed by atoms with Gasteiger partial charge in [0, 0.05) is 5.92 Å². The normalized spacial score (nSPS) is 16.0. The zero-order chi connectivity index (χ0) is 22.2. The van der Waals surface area contributed by atoms with E-state index in [2.05, 4.69) is 10.6 Å². The Kier molecular flexibility index (Phi) is 9.04. The number of hydrogen-bond donors (Lipinski definition) is 2. The zero-order valence-corrected chi connectivity index (χ0v) is 19.2. The molecule has 0 radical (unpaired) electrons. The molecule has 3 aromatic rings. The van der Waals surface area contributed by atoms with Crippen LogP contribution < -0.4 is 10.6 Å². The molecule has 172 valence electrons. The molecular weight excluding hydrogens is 436 g/mol. The van der Waals surface area contributed by atoms with Crippen LogP contribution in [0.15, 0.2) is 91.0 Å². The van der Waals surface area contributed by atoms with E-state index in [1.165, 1.54) is 0 Å². The Labute approximate surface area is 201 Å². The molecule has 1 heterocycles. The first-order valence-corrected chi connectivity index (χ1v) is 11.1. The highest BCUT2D eigenvalue weighted by Gasteiger charge is 2.35. The van der Waals surface area contributed by atoms with Gasteiger partial charge >= 0.3 is 5.97 Å². The average molecular weight is 465 g/mol. The summed E-state index contributed by atoms with van der Waals surface area (Å²) in [5.41, 5.74) is 2.79. The molecule has 1 aliphatic heterocycles. The molecule has 5 nitrogen and oxygen atoms in total. The van der Waals surface area contributed by atoms with Crippen molar-refractivity contribution in [2.75, 3.05) is 6.54 Å². The van der Waals surface area contributed by atoms with Crippen LogP contribution in [0.4, 0.5) is 0 Å². The van der Waals surface area contributed by atoms with Crippen molar-refractivity contribution >= 4 is 24.3 Å². The minimum Gasteiger partial charge on any atom is -0.459 e. The second-order valence-corrected chi connectivity index (χ2v) is 8.03.